The first kappa shape index (κ1) is 7.31. The lowest BCUT2D eigenvalue weighted by atomic mass is 10.1. The summed E-state index contributed by atoms with van der Waals surface area (Å²) in [5, 5.41) is 6.11. The highest BCUT2D eigenvalue weighted by Crippen LogP contribution is 2.15. The second-order valence-electron chi connectivity index (χ2n) is 2.75. The smallest absolute Gasteiger partial charge is 0.178 e. The van der Waals surface area contributed by atoms with Gasteiger partial charge in [0.1, 0.15) is 0 Å². The Morgan fingerprint density at radius 3 is 3.00 bits per heavy atom. The van der Waals surface area contributed by atoms with Gasteiger partial charge < -0.3 is 5.32 Å². The molecule has 0 radical (unpaired) electrons. The molecule has 1 aromatic carbocycles. The lowest BCUT2D eigenvalue weighted by Crippen LogP contribution is -2.23. The topological polar surface area (TPSA) is 41.1 Å². The van der Waals surface area contributed by atoms with Crippen LogP contribution < -0.4 is 10.6 Å². The number of carbonyl (C=O) groups is 1. The normalized spacial score (nSPS) is 16.2. The van der Waals surface area contributed by atoms with Crippen LogP contribution in [-0.2, 0) is 0 Å². The molecule has 12 heavy (non-hydrogen) atoms. The van der Waals surface area contributed by atoms with Crippen molar-refractivity contribution >= 4 is 11.5 Å². The van der Waals surface area contributed by atoms with Gasteiger partial charge in [0, 0.05) is 11.3 Å². The van der Waals surface area contributed by atoms with Gasteiger partial charge in [-0.3, -0.25) is 10.1 Å². The van der Waals surface area contributed by atoms with Crippen LogP contribution in [0.3, 0.4) is 0 Å². The Morgan fingerprint density at radius 1 is 1.25 bits per heavy atom. The largest absolute Gasteiger partial charge is 0.372 e. The van der Waals surface area contributed by atoms with Crippen molar-refractivity contribution < 1.29 is 4.79 Å². The van der Waals surface area contributed by atoms with Gasteiger partial charge in [0.2, 0.25) is 0 Å². The summed E-state index contributed by atoms with van der Waals surface area (Å²) in [5.74, 6) is 0.149. The van der Waals surface area contributed by atoms with Crippen LogP contribution in [0, 0.1) is 0 Å². The summed E-state index contributed by atoms with van der Waals surface area (Å²) in [6, 6.07) is 7.56. The minimum Gasteiger partial charge on any atom is -0.372 e. The summed E-state index contributed by atoms with van der Waals surface area (Å²) in [6.45, 7) is 1.08. The lowest BCUT2D eigenvalue weighted by Gasteiger charge is -2.03. The standard InChI is InChI=1S/C9H10N2O/c12-9-5-10-6-11-8-4-2-1-3-7(8)9/h1-4,10-11H,5-6H2. The third-order valence-electron chi connectivity index (χ3n) is 1.92. The van der Waals surface area contributed by atoms with E-state index in [1.165, 1.54) is 0 Å². The fourth-order valence-electron chi connectivity index (χ4n) is 1.31. The molecule has 1 aromatic rings. The first-order valence-corrected chi connectivity index (χ1v) is 3.95. The number of anilines is 1. The minimum absolute atomic E-state index is 0.149. The molecule has 0 spiro atoms. The summed E-state index contributed by atoms with van der Waals surface area (Å²) < 4.78 is 0. The maximum atomic E-state index is 11.4. The predicted octanol–water partition coefficient (Wildman–Crippen LogP) is 0.842. The quantitative estimate of drug-likeness (QED) is 0.594. The third kappa shape index (κ3) is 1.19. The lowest BCUT2D eigenvalue weighted by molar-refractivity contribution is 0.0995. The molecule has 3 nitrogen and oxygen atoms in total. The van der Waals surface area contributed by atoms with Crippen LogP contribution >= 0.6 is 0 Å². The van der Waals surface area contributed by atoms with Crippen molar-refractivity contribution in [2.45, 2.75) is 0 Å². The second kappa shape index (κ2) is 2.95. The number of carbonyl (C=O) groups excluding carboxylic acids is 1. The van der Waals surface area contributed by atoms with E-state index < -0.39 is 0 Å². The molecule has 0 saturated carbocycles. The van der Waals surface area contributed by atoms with Crippen LogP contribution in [0.2, 0.25) is 0 Å². The van der Waals surface area contributed by atoms with Gasteiger partial charge in [0.15, 0.2) is 5.78 Å². The molecule has 0 aromatic heterocycles. The van der Waals surface area contributed by atoms with Crippen LogP contribution in [0.5, 0.6) is 0 Å². The summed E-state index contributed by atoms with van der Waals surface area (Å²) in [6.07, 6.45) is 0. The second-order valence-corrected chi connectivity index (χ2v) is 2.75. The zero-order valence-electron chi connectivity index (χ0n) is 6.63. The maximum Gasteiger partial charge on any atom is 0.178 e. The molecule has 0 saturated heterocycles. The highest BCUT2D eigenvalue weighted by molar-refractivity contribution is 6.02. The van der Waals surface area contributed by atoms with Crippen LogP contribution in [-0.4, -0.2) is 19.0 Å². The van der Waals surface area contributed by atoms with Crippen molar-refractivity contribution in [3.8, 4) is 0 Å². The molecule has 1 heterocycles. The molecule has 0 fully saturated rings. The predicted molar refractivity (Wildman–Crippen MR) is 47.3 cm³/mol. The molecule has 0 amide bonds. The highest BCUT2D eigenvalue weighted by atomic mass is 16.1. The molecular formula is C9H10N2O. The first-order valence-electron chi connectivity index (χ1n) is 3.95. The summed E-state index contributed by atoms with van der Waals surface area (Å²) in [4.78, 5) is 11.4. The summed E-state index contributed by atoms with van der Waals surface area (Å²) >= 11 is 0. The fraction of sp³-hybridized carbons (Fsp3) is 0.222. The van der Waals surface area contributed by atoms with Gasteiger partial charge in [0.25, 0.3) is 0 Å². The van der Waals surface area contributed by atoms with Crippen molar-refractivity contribution in [2.75, 3.05) is 18.5 Å². The molecule has 2 N–H and O–H groups in total. The molecule has 62 valence electrons. The highest BCUT2D eigenvalue weighted by Gasteiger charge is 2.12. The number of benzene rings is 1. The molecular weight excluding hydrogens is 152 g/mol. The molecule has 1 aliphatic rings. The molecule has 0 atom stereocenters. The minimum atomic E-state index is 0.149. The van der Waals surface area contributed by atoms with E-state index in [1.807, 2.05) is 24.3 Å². The van der Waals surface area contributed by atoms with Crippen LogP contribution in [0.4, 0.5) is 5.69 Å². The number of Topliss-reactive ketones (excluding diaryl/α,β-unsaturated/α-hetero) is 1. The van der Waals surface area contributed by atoms with Gasteiger partial charge in [-0.15, -0.1) is 0 Å². The monoisotopic (exact) mass is 162 g/mol. The Labute approximate surface area is 70.8 Å². The van der Waals surface area contributed by atoms with Gasteiger partial charge in [-0.1, -0.05) is 12.1 Å². The number of ketones is 1. The van der Waals surface area contributed by atoms with E-state index in [0.29, 0.717) is 13.2 Å². The van der Waals surface area contributed by atoms with Gasteiger partial charge in [-0.2, -0.15) is 0 Å². The van der Waals surface area contributed by atoms with Gasteiger partial charge in [-0.25, -0.2) is 0 Å². The zero-order chi connectivity index (χ0) is 8.39. The number of para-hydroxylation sites is 1. The molecule has 0 aliphatic carbocycles. The number of hydrogen-bond donors (Lipinski definition) is 2. The van der Waals surface area contributed by atoms with Crippen LogP contribution in [0.15, 0.2) is 24.3 Å². The van der Waals surface area contributed by atoms with E-state index >= 15 is 0 Å². The van der Waals surface area contributed by atoms with Crippen LogP contribution in [0.1, 0.15) is 10.4 Å². The van der Waals surface area contributed by atoms with E-state index in [9.17, 15) is 4.79 Å². The van der Waals surface area contributed by atoms with Crippen molar-refractivity contribution in [1.29, 1.82) is 0 Å². The number of fused-ring (bicyclic) bond motifs is 1. The molecule has 0 unspecified atom stereocenters. The fourth-order valence-corrected chi connectivity index (χ4v) is 1.31. The average Bonchev–Trinajstić information content (AvgIpc) is 2.29. The number of nitrogens with one attached hydrogen (secondary N) is 2. The number of hydrogen-bond acceptors (Lipinski definition) is 3. The molecule has 3 heteroatoms. The van der Waals surface area contributed by atoms with Gasteiger partial charge in [0.05, 0.1) is 13.2 Å². The van der Waals surface area contributed by atoms with Gasteiger partial charge in [-0.05, 0) is 12.1 Å². The van der Waals surface area contributed by atoms with E-state index in [-0.39, 0.29) is 5.78 Å². The Kier molecular flexibility index (Phi) is 1.80. The SMILES string of the molecule is O=C1CNCNc2ccccc21. The van der Waals surface area contributed by atoms with E-state index in [0.717, 1.165) is 11.3 Å². The Bertz CT molecular complexity index is 309. The van der Waals surface area contributed by atoms with Crippen molar-refractivity contribution in [2.24, 2.45) is 0 Å². The van der Waals surface area contributed by atoms with E-state index in [4.69, 9.17) is 0 Å². The van der Waals surface area contributed by atoms with Crippen molar-refractivity contribution in [3.63, 3.8) is 0 Å². The maximum absolute atomic E-state index is 11.4. The van der Waals surface area contributed by atoms with Gasteiger partial charge >= 0.3 is 0 Å². The first-order chi connectivity index (χ1) is 5.88. The third-order valence-corrected chi connectivity index (χ3v) is 1.92. The van der Waals surface area contributed by atoms with E-state index in [1.54, 1.807) is 0 Å². The Hall–Kier alpha value is -1.35. The van der Waals surface area contributed by atoms with Crippen LogP contribution in [0.25, 0.3) is 0 Å². The Balaban J connectivity index is 2.46. The Morgan fingerprint density at radius 2 is 2.08 bits per heavy atom. The zero-order valence-corrected chi connectivity index (χ0v) is 6.63. The van der Waals surface area contributed by atoms with E-state index in [2.05, 4.69) is 10.6 Å². The molecule has 1 aliphatic heterocycles. The molecule has 0 bridgehead atoms. The van der Waals surface area contributed by atoms with Crippen molar-refractivity contribution in [1.82, 2.24) is 5.32 Å². The number of rotatable bonds is 0. The summed E-state index contributed by atoms with van der Waals surface area (Å²) in [7, 11) is 0. The van der Waals surface area contributed by atoms with Crippen molar-refractivity contribution in [3.05, 3.63) is 29.8 Å². The molecule has 2 rings (SSSR count). The average molecular weight is 162 g/mol. The summed E-state index contributed by atoms with van der Waals surface area (Å²) in [5.41, 5.74) is 1.70.